The Morgan fingerprint density at radius 1 is 1.13 bits per heavy atom. The molecule has 0 saturated heterocycles. The van der Waals surface area contributed by atoms with Crippen molar-refractivity contribution in [2.45, 2.75) is 32.0 Å². The number of carbonyl (C=O) groups excluding carboxylic acids is 2. The summed E-state index contributed by atoms with van der Waals surface area (Å²) in [4.78, 5) is 25.3. The summed E-state index contributed by atoms with van der Waals surface area (Å²) in [6, 6.07) is 8.27. The minimum absolute atomic E-state index is 0.0171. The van der Waals surface area contributed by atoms with E-state index in [9.17, 15) is 9.59 Å². The highest BCUT2D eigenvalue weighted by molar-refractivity contribution is 5.81. The number of hydrogen-bond donors (Lipinski definition) is 2. The Kier molecular flexibility index (Phi) is 6.55. The first-order chi connectivity index (χ1) is 11.1. The van der Waals surface area contributed by atoms with Crippen LogP contribution in [0.25, 0.3) is 0 Å². The van der Waals surface area contributed by atoms with Crippen molar-refractivity contribution in [3.8, 4) is 0 Å². The fraction of sp³-hybridized carbons (Fsp3) is 0.529. The number of carbonyl (C=O) groups is 2. The molecule has 126 valence electrons. The van der Waals surface area contributed by atoms with E-state index in [0.717, 1.165) is 24.0 Å². The van der Waals surface area contributed by atoms with Crippen LogP contribution in [0.15, 0.2) is 24.3 Å². The molecule has 1 saturated carbocycles. The molecule has 2 amide bonds. The minimum Gasteiger partial charge on any atom is -0.380 e. The highest BCUT2D eigenvalue weighted by atomic mass is 16.5. The molecule has 1 aliphatic carbocycles. The number of methoxy groups -OCH3 is 1. The van der Waals surface area contributed by atoms with Crippen LogP contribution in [0.4, 0.5) is 0 Å². The number of nitrogens with zero attached hydrogens (tertiary/aromatic N) is 1. The molecular formula is C17H25N3O3. The first-order valence-corrected chi connectivity index (χ1v) is 7.88. The number of amides is 2. The Morgan fingerprint density at radius 3 is 2.35 bits per heavy atom. The second-order valence-corrected chi connectivity index (χ2v) is 6.04. The van der Waals surface area contributed by atoms with Crippen LogP contribution in [0, 0.1) is 0 Å². The van der Waals surface area contributed by atoms with E-state index < -0.39 is 0 Å². The number of rotatable bonds is 9. The summed E-state index contributed by atoms with van der Waals surface area (Å²) in [7, 11) is 3.43. The van der Waals surface area contributed by atoms with Crippen molar-refractivity contribution in [2.24, 2.45) is 0 Å². The Labute approximate surface area is 137 Å². The quantitative estimate of drug-likeness (QED) is 0.701. The summed E-state index contributed by atoms with van der Waals surface area (Å²) in [5.74, 6) is -0.107. The molecule has 0 aliphatic heterocycles. The topological polar surface area (TPSA) is 70.7 Å². The maximum Gasteiger partial charge on any atom is 0.234 e. The summed E-state index contributed by atoms with van der Waals surface area (Å²) in [6.45, 7) is 1.52. The van der Waals surface area contributed by atoms with Gasteiger partial charge in [0, 0.05) is 19.7 Å². The van der Waals surface area contributed by atoms with Crippen LogP contribution in [-0.2, 0) is 27.5 Å². The highest BCUT2D eigenvalue weighted by Gasteiger charge is 2.23. The number of ether oxygens (including phenoxy) is 1. The lowest BCUT2D eigenvalue weighted by Crippen LogP contribution is -2.41. The molecule has 1 aromatic rings. The lowest BCUT2D eigenvalue weighted by atomic mass is 10.1. The number of nitrogens with one attached hydrogen (secondary N) is 2. The fourth-order valence-corrected chi connectivity index (χ4v) is 2.22. The van der Waals surface area contributed by atoms with Crippen LogP contribution in [0.2, 0.25) is 0 Å². The summed E-state index contributed by atoms with van der Waals surface area (Å²) in [6.07, 6.45) is 2.14. The number of hydrogen-bond acceptors (Lipinski definition) is 4. The predicted molar refractivity (Wildman–Crippen MR) is 87.7 cm³/mol. The molecule has 6 nitrogen and oxygen atoms in total. The van der Waals surface area contributed by atoms with Gasteiger partial charge >= 0.3 is 0 Å². The molecular weight excluding hydrogens is 294 g/mol. The SMILES string of the molecule is COCc1ccc(CNC(=O)CN(C)CC(=O)NC2CC2)cc1. The molecule has 23 heavy (non-hydrogen) atoms. The molecule has 2 rings (SSSR count). The van der Waals surface area contributed by atoms with Crippen LogP contribution < -0.4 is 10.6 Å². The standard InChI is InChI=1S/C17H25N3O3/c1-20(11-17(22)19-15-7-8-15)10-16(21)18-9-13-3-5-14(6-4-13)12-23-2/h3-6,15H,7-12H2,1-2H3,(H,18,21)(H,19,22). The Balaban J connectivity index is 1.66. The molecule has 6 heteroatoms. The zero-order chi connectivity index (χ0) is 16.7. The predicted octanol–water partition coefficient (Wildman–Crippen LogP) is 0.660. The average Bonchev–Trinajstić information content (AvgIpc) is 3.30. The van der Waals surface area contributed by atoms with E-state index in [1.54, 1.807) is 19.1 Å². The van der Waals surface area contributed by atoms with Crippen LogP contribution in [0.3, 0.4) is 0 Å². The third-order valence-corrected chi connectivity index (χ3v) is 3.59. The highest BCUT2D eigenvalue weighted by Crippen LogP contribution is 2.18. The summed E-state index contributed by atoms with van der Waals surface area (Å²) in [5, 5.41) is 5.77. The van der Waals surface area contributed by atoms with Crippen molar-refractivity contribution in [1.82, 2.24) is 15.5 Å². The molecule has 1 fully saturated rings. The third-order valence-electron chi connectivity index (χ3n) is 3.59. The van der Waals surface area contributed by atoms with Gasteiger partial charge in [-0.3, -0.25) is 14.5 Å². The second-order valence-electron chi connectivity index (χ2n) is 6.04. The Bertz CT molecular complexity index is 526. The van der Waals surface area contributed by atoms with E-state index in [1.807, 2.05) is 24.3 Å². The molecule has 0 aromatic heterocycles. The van der Waals surface area contributed by atoms with Crippen LogP contribution in [0.1, 0.15) is 24.0 Å². The molecule has 0 unspecified atom stereocenters. The lowest BCUT2D eigenvalue weighted by molar-refractivity contribution is -0.124. The van der Waals surface area contributed by atoms with E-state index in [2.05, 4.69) is 10.6 Å². The maximum atomic E-state index is 11.9. The second kappa shape index (κ2) is 8.64. The molecule has 0 radical (unpaired) electrons. The molecule has 2 N–H and O–H groups in total. The van der Waals surface area contributed by atoms with E-state index in [-0.39, 0.29) is 24.9 Å². The van der Waals surface area contributed by atoms with Crippen molar-refractivity contribution in [3.05, 3.63) is 35.4 Å². The van der Waals surface area contributed by atoms with Gasteiger partial charge in [0.05, 0.1) is 19.7 Å². The van der Waals surface area contributed by atoms with Gasteiger partial charge in [0.15, 0.2) is 0 Å². The van der Waals surface area contributed by atoms with Crippen molar-refractivity contribution in [3.63, 3.8) is 0 Å². The zero-order valence-electron chi connectivity index (χ0n) is 13.8. The van der Waals surface area contributed by atoms with E-state index in [1.165, 1.54) is 0 Å². The lowest BCUT2D eigenvalue weighted by Gasteiger charge is -2.16. The van der Waals surface area contributed by atoms with Crippen LogP contribution in [0.5, 0.6) is 0 Å². The smallest absolute Gasteiger partial charge is 0.234 e. The van der Waals surface area contributed by atoms with Crippen LogP contribution in [-0.4, -0.2) is 50.0 Å². The maximum absolute atomic E-state index is 11.9. The average molecular weight is 319 g/mol. The molecule has 0 bridgehead atoms. The Hall–Kier alpha value is -1.92. The van der Waals surface area contributed by atoms with Gasteiger partial charge in [0.25, 0.3) is 0 Å². The third kappa shape index (κ3) is 6.80. The van der Waals surface area contributed by atoms with E-state index in [0.29, 0.717) is 19.2 Å². The monoisotopic (exact) mass is 319 g/mol. The minimum atomic E-state index is -0.0901. The molecule has 1 aliphatic rings. The number of likely N-dealkylation sites (N-methyl/N-ethyl adjacent to an activating group) is 1. The van der Waals surface area contributed by atoms with Gasteiger partial charge < -0.3 is 15.4 Å². The fourth-order valence-electron chi connectivity index (χ4n) is 2.22. The van der Waals surface area contributed by atoms with Crippen molar-refractivity contribution in [2.75, 3.05) is 27.2 Å². The van der Waals surface area contributed by atoms with Gasteiger partial charge in [-0.1, -0.05) is 24.3 Å². The summed E-state index contributed by atoms with van der Waals surface area (Å²) in [5.41, 5.74) is 2.14. The van der Waals surface area contributed by atoms with Crippen molar-refractivity contribution < 1.29 is 14.3 Å². The zero-order valence-corrected chi connectivity index (χ0v) is 13.8. The summed E-state index contributed by atoms with van der Waals surface area (Å²) >= 11 is 0. The molecule has 0 atom stereocenters. The molecule has 0 spiro atoms. The van der Waals surface area contributed by atoms with Gasteiger partial charge in [-0.25, -0.2) is 0 Å². The normalized spacial score (nSPS) is 13.9. The molecule has 0 heterocycles. The first-order valence-electron chi connectivity index (χ1n) is 7.88. The van der Waals surface area contributed by atoms with Gasteiger partial charge in [-0.05, 0) is 31.0 Å². The van der Waals surface area contributed by atoms with Gasteiger partial charge in [-0.15, -0.1) is 0 Å². The largest absolute Gasteiger partial charge is 0.380 e. The van der Waals surface area contributed by atoms with Gasteiger partial charge in [0.2, 0.25) is 11.8 Å². The van der Waals surface area contributed by atoms with Crippen LogP contribution >= 0.6 is 0 Å². The summed E-state index contributed by atoms with van der Waals surface area (Å²) < 4.78 is 5.06. The van der Waals surface area contributed by atoms with Gasteiger partial charge in [-0.2, -0.15) is 0 Å². The van der Waals surface area contributed by atoms with E-state index >= 15 is 0 Å². The van der Waals surface area contributed by atoms with Crippen molar-refractivity contribution >= 4 is 11.8 Å². The van der Waals surface area contributed by atoms with Crippen molar-refractivity contribution in [1.29, 1.82) is 0 Å². The molecule has 1 aromatic carbocycles. The Morgan fingerprint density at radius 2 is 1.74 bits per heavy atom. The number of benzene rings is 1. The van der Waals surface area contributed by atoms with E-state index in [4.69, 9.17) is 4.74 Å². The van der Waals surface area contributed by atoms with Gasteiger partial charge in [0.1, 0.15) is 0 Å². The first kappa shape index (κ1) is 17.4.